The Hall–Kier alpha value is -1.29. The Bertz CT molecular complexity index is 344. The summed E-state index contributed by atoms with van der Waals surface area (Å²) in [6, 6.07) is 3.05. The fourth-order valence-corrected chi connectivity index (χ4v) is 1.34. The number of anilines is 1. The molecule has 4 nitrogen and oxygen atoms in total. The molecule has 0 saturated heterocycles. The van der Waals surface area contributed by atoms with E-state index in [1.54, 1.807) is 18.3 Å². The fourth-order valence-electron chi connectivity index (χ4n) is 1.16. The molecule has 0 aromatic carbocycles. The third kappa shape index (κ3) is 3.40. The summed E-state index contributed by atoms with van der Waals surface area (Å²) in [5.74, 6) is -0.287. The van der Waals surface area contributed by atoms with E-state index in [0.717, 1.165) is 5.69 Å². The van der Waals surface area contributed by atoms with E-state index in [4.69, 9.17) is 11.6 Å². The molecule has 1 aromatic rings. The summed E-state index contributed by atoms with van der Waals surface area (Å²) in [5, 5.41) is 3.41. The van der Waals surface area contributed by atoms with E-state index in [2.05, 4.69) is 15.0 Å². The Morgan fingerprint density at radius 2 is 2.47 bits per heavy atom. The topological polar surface area (TPSA) is 51.2 Å². The Morgan fingerprint density at radius 3 is 3.00 bits per heavy atom. The standard InChI is InChI=1S/C10H13ClN2O2/c1-3-8(10(14)15-2)13-7-4-5-12-9(11)6-7/h4-6,8H,3H2,1-2H3,(H,12,13). The second-order valence-electron chi connectivity index (χ2n) is 3.00. The van der Waals surface area contributed by atoms with Crippen LogP contribution < -0.4 is 5.32 Å². The predicted molar refractivity (Wildman–Crippen MR) is 59.0 cm³/mol. The van der Waals surface area contributed by atoms with E-state index in [1.807, 2.05) is 6.92 Å². The van der Waals surface area contributed by atoms with E-state index in [1.165, 1.54) is 7.11 Å². The number of hydrogen-bond acceptors (Lipinski definition) is 4. The van der Waals surface area contributed by atoms with Gasteiger partial charge in [0.05, 0.1) is 7.11 Å². The molecule has 0 fully saturated rings. The highest BCUT2D eigenvalue weighted by Gasteiger charge is 2.16. The summed E-state index contributed by atoms with van der Waals surface area (Å²) in [7, 11) is 1.37. The highest BCUT2D eigenvalue weighted by molar-refractivity contribution is 6.29. The van der Waals surface area contributed by atoms with Gasteiger partial charge in [-0.25, -0.2) is 9.78 Å². The number of carbonyl (C=O) groups is 1. The molecule has 0 spiro atoms. The predicted octanol–water partition coefficient (Wildman–Crippen LogP) is 2.10. The number of rotatable bonds is 4. The quantitative estimate of drug-likeness (QED) is 0.634. The molecule has 82 valence electrons. The summed E-state index contributed by atoms with van der Waals surface area (Å²) in [6.45, 7) is 1.90. The molecular weight excluding hydrogens is 216 g/mol. The van der Waals surface area contributed by atoms with E-state index < -0.39 is 0 Å². The molecule has 0 aliphatic rings. The number of nitrogens with one attached hydrogen (secondary N) is 1. The van der Waals surface area contributed by atoms with Crippen molar-refractivity contribution in [3.63, 3.8) is 0 Å². The summed E-state index contributed by atoms with van der Waals surface area (Å²) in [6.07, 6.45) is 2.22. The number of aromatic nitrogens is 1. The van der Waals surface area contributed by atoms with Crippen LogP contribution in [0.2, 0.25) is 5.15 Å². The maximum atomic E-state index is 11.3. The van der Waals surface area contributed by atoms with E-state index in [-0.39, 0.29) is 12.0 Å². The van der Waals surface area contributed by atoms with Crippen molar-refractivity contribution < 1.29 is 9.53 Å². The number of methoxy groups -OCH3 is 1. The molecule has 1 atom stereocenters. The molecule has 0 aliphatic heterocycles. The second kappa shape index (κ2) is 5.56. The first-order valence-electron chi connectivity index (χ1n) is 4.63. The molecule has 15 heavy (non-hydrogen) atoms. The monoisotopic (exact) mass is 228 g/mol. The van der Waals surface area contributed by atoms with E-state index >= 15 is 0 Å². The normalized spacial score (nSPS) is 11.9. The number of esters is 1. The Kier molecular flexibility index (Phi) is 4.37. The molecule has 0 aliphatic carbocycles. The lowest BCUT2D eigenvalue weighted by Crippen LogP contribution is -2.29. The fraction of sp³-hybridized carbons (Fsp3) is 0.400. The van der Waals surface area contributed by atoms with Crippen molar-refractivity contribution in [1.29, 1.82) is 0 Å². The third-order valence-electron chi connectivity index (χ3n) is 1.96. The average Bonchev–Trinajstić information content (AvgIpc) is 2.25. The van der Waals surface area contributed by atoms with Crippen molar-refractivity contribution in [2.75, 3.05) is 12.4 Å². The van der Waals surface area contributed by atoms with Gasteiger partial charge < -0.3 is 10.1 Å². The Labute approximate surface area is 93.6 Å². The van der Waals surface area contributed by atoms with Crippen LogP contribution in [0.25, 0.3) is 0 Å². The lowest BCUT2D eigenvalue weighted by atomic mass is 10.2. The van der Waals surface area contributed by atoms with Crippen molar-refractivity contribution in [2.24, 2.45) is 0 Å². The SMILES string of the molecule is CCC(Nc1ccnc(Cl)c1)C(=O)OC. The molecule has 0 saturated carbocycles. The molecule has 1 N–H and O–H groups in total. The van der Waals surface area contributed by atoms with Gasteiger partial charge in [0.2, 0.25) is 0 Å². The lowest BCUT2D eigenvalue weighted by Gasteiger charge is -2.15. The van der Waals surface area contributed by atoms with Crippen molar-refractivity contribution >= 4 is 23.3 Å². The summed E-state index contributed by atoms with van der Waals surface area (Å²) >= 11 is 5.72. The average molecular weight is 229 g/mol. The van der Waals surface area contributed by atoms with Crippen LogP contribution in [0.3, 0.4) is 0 Å². The number of pyridine rings is 1. The van der Waals surface area contributed by atoms with Gasteiger partial charge in [-0.2, -0.15) is 0 Å². The van der Waals surface area contributed by atoms with Gasteiger partial charge in [-0.3, -0.25) is 0 Å². The van der Waals surface area contributed by atoms with Crippen molar-refractivity contribution in [1.82, 2.24) is 4.98 Å². The van der Waals surface area contributed by atoms with Gasteiger partial charge in [-0.15, -0.1) is 0 Å². The molecule has 0 radical (unpaired) electrons. The number of hydrogen-bond donors (Lipinski definition) is 1. The number of halogens is 1. The van der Waals surface area contributed by atoms with Gasteiger partial charge in [0.25, 0.3) is 0 Å². The largest absolute Gasteiger partial charge is 0.467 e. The molecule has 1 aromatic heterocycles. The van der Waals surface area contributed by atoms with Crippen LogP contribution in [-0.4, -0.2) is 24.1 Å². The van der Waals surface area contributed by atoms with Gasteiger partial charge in [0.1, 0.15) is 11.2 Å². The second-order valence-corrected chi connectivity index (χ2v) is 3.38. The third-order valence-corrected chi connectivity index (χ3v) is 2.17. The first kappa shape index (κ1) is 11.8. The van der Waals surface area contributed by atoms with Gasteiger partial charge in [-0.1, -0.05) is 18.5 Å². The summed E-state index contributed by atoms with van der Waals surface area (Å²) in [4.78, 5) is 15.1. The van der Waals surface area contributed by atoms with Gasteiger partial charge in [-0.05, 0) is 18.6 Å². The minimum absolute atomic E-state index is 0.287. The zero-order valence-electron chi connectivity index (χ0n) is 8.66. The van der Waals surface area contributed by atoms with E-state index in [9.17, 15) is 4.79 Å². The van der Waals surface area contributed by atoms with Crippen LogP contribution in [0.5, 0.6) is 0 Å². The molecule has 1 rings (SSSR count). The lowest BCUT2D eigenvalue weighted by molar-refractivity contribution is -0.141. The number of nitrogens with zero attached hydrogens (tertiary/aromatic N) is 1. The smallest absolute Gasteiger partial charge is 0.328 e. The maximum Gasteiger partial charge on any atom is 0.328 e. The highest BCUT2D eigenvalue weighted by Crippen LogP contribution is 2.14. The minimum Gasteiger partial charge on any atom is -0.467 e. The van der Waals surface area contributed by atoms with Crippen molar-refractivity contribution in [3.05, 3.63) is 23.5 Å². The molecule has 1 heterocycles. The molecule has 0 bridgehead atoms. The van der Waals surface area contributed by atoms with Crippen LogP contribution in [0, 0.1) is 0 Å². The Balaban J connectivity index is 2.70. The number of ether oxygens (including phenoxy) is 1. The molecule has 0 amide bonds. The molecular formula is C10H13ClN2O2. The minimum atomic E-state index is -0.353. The molecule has 5 heteroatoms. The van der Waals surface area contributed by atoms with Crippen molar-refractivity contribution in [2.45, 2.75) is 19.4 Å². The van der Waals surface area contributed by atoms with Crippen LogP contribution in [0.1, 0.15) is 13.3 Å². The van der Waals surface area contributed by atoms with Crippen molar-refractivity contribution in [3.8, 4) is 0 Å². The van der Waals surface area contributed by atoms with E-state index in [0.29, 0.717) is 11.6 Å². The van der Waals surface area contributed by atoms with Gasteiger partial charge >= 0.3 is 5.97 Å². The zero-order valence-corrected chi connectivity index (χ0v) is 9.41. The highest BCUT2D eigenvalue weighted by atomic mass is 35.5. The zero-order chi connectivity index (χ0) is 11.3. The van der Waals surface area contributed by atoms with Gasteiger partial charge in [0, 0.05) is 11.9 Å². The first-order chi connectivity index (χ1) is 7.17. The summed E-state index contributed by atoms with van der Waals surface area (Å²) < 4.78 is 4.66. The summed E-state index contributed by atoms with van der Waals surface area (Å²) in [5.41, 5.74) is 0.757. The van der Waals surface area contributed by atoms with Crippen LogP contribution in [0.15, 0.2) is 18.3 Å². The molecule has 1 unspecified atom stereocenters. The Morgan fingerprint density at radius 1 is 1.73 bits per heavy atom. The van der Waals surface area contributed by atoms with Crippen LogP contribution in [-0.2, 0) is 9.53 Å². The first-order valence-corrected chi connectivity index (χ1v) is 5.01. The van der Waals surface area contributed by atoms with Gasteiger partial charge in [0.15, 0.2) is 0 Å². The van der Waals surface area contributed by atoms with Crippen LogP contribution >= 0.6 is 11.6 Å². The maximum absolute atomic E-state index is 11.3. The number of carbonyl (C=O) groups excluding carboxylic acids is 1. The van der Waals surface area contributed by atoms with Crippen LogP contribution in [0.4, 0.5) is 5.69 Å².